The van der Waals surface area contributed by atoms with Crippen molar-refractivity contribution in [3.8, 4) is 0 Å². The lowest BCUT2D eigenvalue weighted by atomic mass is 10.2. The van der Waals surface area contributed by atoms with E-state index in [4.69, 9.17) is 0 Å². The van der Waals surface area contributed by atoms with Crippen LogP contribution in [0.25, 0.3) is 6.08 Å². The summed E-state index contributed by atoms with van der Waals surface area (Å²) in [6, 6.07) is 11.8. The molecule has 0 radical (unpaired) electrons. The topological polar surface area (TPSA) is 70.2 Å². The van der Waals surface area contributed by atoms with Gasteiger partial charge >= 0.3 is 0 Å². The van der Waals surface area contributed by atoms with Crippen molar-refractivity contribution in [1.82, 2.24) is 15.5 Å². The van der Waals surface area contributed by atoms with Gasteiger partial charge in [-0.25, -0.2) is 0 Å². The first-order chi connectivity index (χ1) is 12.3. The summed E-state index contributed by atoms with van der Waals surface area (Å²) in [5.74, 6) is 0.626. The molecule has 0 atom stereocenters. The number of benzene rings is 1. The second-order valence-electron chi connectivity index (χ2n) is 5.95. The van der Waals surface area contributed by atoms with E-state index in [9.17, 15) is 4.79 Å². The van der Waals surface area contributed by atoms with E-state index in [-0.39, 0.29) is 5.91 Å². The Bertz CT molecular complexity index is 711. The van der Waals surface area contributed by atoms with Gasteiger partial charge in [-0.2, -0.15) is 5.10 Å². The first-order valence-corrected chi connectivity index (χ1v) is 8.64. The third-order valence-electron chi connectivity index (χ3n) is 4.07. The second kappa shape index (κ2) is 8.82. The second-order valence-corrected chi connectivity index (χ2v) is 5.95. The Hall–Kier alpha value is -2.89. The molecule has 130 valence electrons. The molecule has 3 rings (SSSR count). The summed E-state index contributed by atoms with van der Waals surface area (Å²) in [5.41, 5.74) is 2.11. The van der Waals surface area contributed by atoms with Crippen LogP contribution in [0.1, 0.15) is 18.4 Å². The van der Waals surface area contributed by atoms with Crippen LogP contribution in [0.5, 0.6) is 0 Å². The van der Waals surface area contributed by atoms with Crippen LogP contribution in [0.4, 0.5) is 11.5 Å². The number of rotatable bonds is 7. The van der Waals surface area contributed by atoms with Crippen molar-refractivity contribution in [2.75, 3.05) is 36.4 Å². The van der Waals surface area contributed by atoms with Gasteiger partial charge in [0.1, 0.15) is 0 Å². The average Bonchev–Trinajstić information content (AvgIpc) is 3.19. The maximum atomic E-state index is 11.8. The van der Waals surface area contributed by atoms with Crippen molar-refractivity contribution in [2.45, 2.75) is 12.8 Å². The monoisotopic (exact) mass is 337 g/mol. The molecule has 1 aromatic heterocycles. The van der Waals surface area contributed by atoms with Gasteiger partial charge < -0.3 is 15.5 Å². The fraction of sp³-hybridized carbons (Fsp3) is 0.316. The highest BCUT2D eigenvalue weighted by molar-refractivity contribution is 5.91. The van der Waals surface area contributed by atoms with Gasteiger partial charge in [-0.15, -0.1) is 5.10 Å². The van der Waals surface area contributed by atoms with E-state index in [0.29, 0.717) is 13.1 Å². The molecule has 1 saturated heterocycles. The van der Waals surface area contributed by atoms with Gasteiger partial charge in [0.25, 0.3) is 0 Å². The third-order valence-corrected chi connectivity index (χ3v) is 4.07. The molecule has 6 heteroatoms. The van der Waals surface area contributed by atoms with Crippen LogP contribution >= 0.6 is 0 Å². The molecule has 0 aliphatic carbocycles. The molecular weight excluding hydrogens is 314 g/mol. The van der Waals surface area contributed by atoms with Crippen LogP contribution in [0.2, 0.25) is 0 Å². The molecular formula is C19H23N5O. The lowest BCUT2D eigenvalue weighted by Gasteiger charge is -2.17. The summed E-state index contributed by atoms with van der Waals surface area (Å²) in [6.45, 7) is 3.28. The smallest absolute Gasteiger partial charge is 0.244 e. The van der Waals surface area contributed by atoms with E-state index < -0.39 is 0 Å². The lowest BCUT2D eigenvalue weighted by Crippen LogP contribution is -2.27. The molecule has 2 N–H and O–H groups in total. The quantitative estimate of drug-likeness (QED) is 0.599. The van der Waals surface area contributed by atoms with Gasteiger partial charge in [0, 0.05) is 38.3 Å². The van der Waals surface area contributed by atoms with Crippen molar-refractivity contribution >= 4 is 23.5 Å². The molecule has 2 heterocycles. The van der Waals surface area contributed by atoms with Crippen molar-refractivity contribution in [2.24, 2.45) is 0 Å². The Morgan fingerprint density at radius 1 is 1.16 bits per heavy atom. The number of carbonyl (C=O) groups is 1. The Morgan fingerprint density at radius 2 is 1.96 bits per heavy atom. The van der Waals surface area contributed by atoms with E-state index in [1.54, 1.807) is 18.3 Å². The van der Waals surface area contributed by atoms with Crippen LogP contribution in [0, 0.1) is 0 Å². The minimum Gasteiger partial charge on any atom is -0.370 e. The lowest BCUT2D eigenvalue weighted by molar-refractivity contribution is -0.116. The summed E-state index contributed by atoms with van der Waals surface area (Å²) in [7, 11) is 0. The molecule has 1 amide bonds. The van der Waals surface area contributed by atoms with E-state index in [1.807, 2.05) is 36.4 Å². The predicted molar refractivity (Wildman–Crippen MR) is 100 cm³/mol. The van der Waals surface area contributed by atoms with Gasteiger partial charge in [0.2, 0.25) is 5.91 Å². The van der Waals surface area contributed by atoms with Crippen LogP contribution in [-0.4, -0.2) is 42.3 Å². The molecule has 1 aromatic carbocycles. The summed E-state index contributed by atoms with van der Waals surface area (Å²) < 4.78 is 0. The van der Waals surface area contributed by atoms with Gasteiger partial charge in [0.05, 0.1) is 11.9 Å². The van der Waals surface area contributed by atoms with E-state index in [1.165, 1.54) is 12.8 Å². The van der Waals surface area contributed by atoms with Gasteiger partial charge in [-0.05, 0) is 24.5 Å². The van der Waals surface area contributed by atoms with Gasteiger partial charge in [-0.1, -0.05) is 30.3 Å². The predicted octanol–water partition coefficient (Wildman–Crippen LogP) is 2.32. The number of hydrogen-bond acceptors (Lipinski definition) is 5. The SMILES string of the molecule is O=C(C=Cc1ccccc1)NCCNc1cc(N2CCCC2)cnn1. The normalized spacial score (nSPS) is 14.0. The molecule has 0 unspecified atom stereocenters. The fourth-order valence-electron chi connectivity index (χ4n) is 2.76. The number of nitrogens with one attached hydrogen (secondary N) is 2. The molecule has 6 nitrogen and oxygen atoms in total. The molecule has 0 bridgehead atoms. The Balaban J connectivity index is 1.40. The molecule has 0 spiro atoms. The Labute approximate surface area is 148 Å². The summed E-state index contributed by atoms with van der Waals surface area (Å²) in [4.78, 5) is 14.1. The van der Waals surface area contributed by atoms with E-state index in [0.717, 1.165) is 30.2 Å². The maximum Gasteiger partial charge on any atom is 0.244 e. The summed E-state index contributed by atoms with van der Waals surface area (Å²) in [6.07, 6.45) is 7.60. The summed E-state index contributed by atoms with van der Waals surface area (Å²) in [5, 5.41) is 14.2. The van der Waals surface area contributed by atoms with Crippen molar-refractivity contribution < 1.29 is 4.79 Å². The molecule has 25 heavy (non-hydrogen) atoms. The number of nitrogens with zero attached hydrogens (tertiary/aromatic N) is 3. The zero-order valence-electron chi connectivity index (χ0n) is 14.2. The number of anilines is 2. The first-order valence-electron chi connectivity index (χ1n) is 8.64. The number of amides is 1. The van der Waals surface area contributed by atoms with Gasteiger partial charge in [-0.3, -0.25) is 4.79 Å². The standard InChI is InChI=1S/C19H23N5O/c25-19(9-8-16-6-2-1-3-7-16)21-11-10-20-18-14-17(15-22-23-18)24-12-4-5-13-24/h1-3,6-9,14-15H,4-5,10-13H2,(H,20,23)(H,21,25). The van der Waals surface area contributed by atoms with E-state index in [2.05, 4.69) is 25.7 Å². The minimum absolute atomic E-state index is 0.109. The molecule has 2 aromatic rings. The maximum absolute atomic E-state index is 11.8. The zero-order chi connectivity index (χ0) is 17.3. The van der Waals surface area contributed by atoms with Crippen molar-refractivity contribution in [3.63, 3.8) is 0 Å². The van der Waals surface area contributed by atoms with Crippen LogP contribution < -0.4 is 15.5 Å². The number of hydrogen-bond donors (Lipinski definition) is 2. The van der Waals surface area contributed by atoms with Gasteiger partial charge in [0.15, 0.2) is 5.82 Å². The minimum atomic E-state index is -0.109. The van der Waals surface area contributed by atoms with Crippen LogP contribution in [0.3, 0.4) is 0 Å². The molecule has 1 aliphatic rings. The summed E-state index contributed by atoms with van der Waals surface area (Å²) >= 11 is 0. The first kappa shape index (κ1) is 17.0. The van der Waals surface area contributed by atoms with Crippen LogP contribution in [-0.2, 0) is 4.79 Å². The number of carbonyl (C=O) groups excluding carboxylic acids is 1. The molecule has 1 fully saturated rings. The van der Waals surface area contributed by atoms with E-state index >= 15 is 0 Å². The van der Waals surface area contributed by atoms with Crippen molar-refractivity contribution in [3.05, 3.63) is 54.2 Å². The van der Waals surface area contributed by atoms with Crippen LogP contribution in [0.15, 0.2) is 48.7 Å². The average molecular weight is 337 g/mol. The highest BCUT2D eigenvalue weighted by Gasteiger charge is 2.13. The highest BCUT2D eigenvalue weighted by atomic mass is 16.1. The highest BCUT2D eigenvalue weighted by Crippen LogP contribution is 2.20. The molecule has 0 saturated carbocycles. The Morgan fingerprint density at radius 3 is 2.76 bits per heavy atom. The molecule has 1 aliphatic heterocycles. The largest absolute Gasteiger partial charge is 0.370 e. The third kappa shape index (κ3) is 5.31. The number of aromatic nitrogens is 2. The fourth-order valence-corrected chi connectivity index (χ4v) is 2.76. The Kier molecular flexibility index (Phi) is 5.98. The zero-order valence-corrected chi connectivity index (χ0v) is 14.2. The van der Waals surface area contributed by atoms with Crippen molar-refractivity contribution in [1.29, 1.82) is 0 Å².